The number of anilines is 1. The van der Waals surface area contributed by atoms with Crippen LogP contribution in [-0.2, 0) is 11.2 Å². The number of nitrogens with one attached hydrogen (secondary N) is 2. The van der Waals surface area contributed by atoms with Crippen LogP contribution in [0, 0.1) is 0 Å². The van der Waals surface area contributed by atoms with E-state index in [1.165, 1.54) is 6.92 Å². The number of piperazine rings is 1. The van der Waals surface area contributed by atoms with Gasteiger partial charge in [-0.25, -0.2) is 0 Å². The van der Waals surface area contributed by atoms with Crippen molar-refractivity contribution in [2.24, 2.45) is 0 Å². The molecule has 6 heteroatoms. The summed E-state index contributed by atoms with van der Waals surface area (Å²) < 4.78 is 0.911. The van der Waals surface area contributed by atoms with Crippen molar-refractivity contribution in [2.45, 2.75) is 13.3 Å². The van der Waals surface area contributed by atoms with E-state index in [1.54, 1.807) is 6.07 Å². The van der Waals surface area contributed by atoms with Crippen LogP contribution in [-0.4, -0.2) is 48.6 Å². The van der Waals surface area contributed by atoms with Gasteiger partial charge in [-0.15, -0.1) is 0 Å². The summed E-state index contributed by atoms with van der Waals surface area (Å²) in [4.78, 5) is 13.7. The van der Waals surface area contributed by atoms with Gasteiger partial charge in [-0.05, 0) is 24.1 Å². The Morgan fingerprint density at radius 3 is 2.80 bits per heavy atom. The molecule has 0 atom stereocenters. The van der Waals surface area contributed by atoms with Crippen LogP contribution < -0.4 is 10.6 Å². The molecule has 1 aromatic carbocycles. The highest BCUT2D eigenvalue weighted by Gasteiger charge is 2.15. The average molecular weight is 342 g/mol. The van der Waals surface area contributed by atoms with E-state index < -0.39 is 0 Å². The molecule has 20 heavy (non-hydrogen) atoms. The topological polar surface area (TPSA) is 64.6 Å². The fourth-order valence-corrected chi connectivity index (χ4v) is 2.90. The predicted octanol–water partition coefficient (Wildman–Crippen LogP) is 1.56. The number of benzene rings is 1. The first-order valence-electron chi connectivity index (χ1n) is 6.79. The Morgan fingerprint density at radius 2 is 2.15 bits per heavy atom. The maximum absolute atomic E-state index is 11.3. The van der Waals surface area contributed by atoms with E-state index in [0.29, 0.717) is 5.69 Å². The van der Waals surface area contributed by atoms with Gasteiger partial charge in [0, 0.05) is 44.1 Å². The van der Waals surface area contributed by atoms with E-state index in [9.17, 15) is 9.90 Å². The van der Waals surface area contributed by atoms with Crippen LogP contribution in [0.25, 0.3) is 0 Å². The summed E-state index contributed by atoms with van der Waals surface area (Å²) in [7, 11) is 0. The SMILES string of the molecule is CC(=O)Nc1c(O)ccc(Br)c1CCN1CCNCC1. The maximum Gasteiger partial charge on any atom is 0.221 e. The number of hydrogen-bond acceptors (Lipinski definition) is 4. The normalized spacial score (nSPS) is 16.1. The monoisotopic (exact) mass is 341 g/mol. The minimum Gasteiger partial charge on any atom is -0.506 e. The lowest BCUT2D eigenvalue weighted by molar-refractivity contribution is -0.114. The standard InChI is InChI=1S/C14H20BrN3O2/c1-10(19)17-14-11(12(15)2-3-13(14)20)4-7-18-8-5-16-6-9-18/h2-3,16,20H,4-9H2,1H3,(H,17,19). The van der Waals surface area contributed by atoms with Crippen molar-refractivity contribution in [3.05, 3.63) is 22.2 Å². The van der Waals surface area contributed by atoms with Gasteiger partial charge in [-0.2, -0.15) is 0 Å². The van der Waals surface area contributed by atoms with Crippen molar-refractivity contribution >= 4 is 27.5 Å². The minimum atomic E-state index is -0.179. The lowest BCUT2D eigenvalue weighted by Crippen LogP contribution is -2.44. The van der Waals surface area contributed by atoms with Crippen LogP contribution in [0.3, 0.4) is 0 Å². The van der Waals surface area contributed by atoms with Gasteiger partial charge in [0.25, 0.3) is 0 Å². The molecule has 1 fully saturated rings. The van der Waals surface area contributed by atoms with Crippen LogP contribution in [0.5, 0.6) is 5.75 Å². The highest BCUT2D eigenvalue weighted by atomic mass is 79.9. The van der Waals surface area contributed by atoms with E-state index >= 15 is 0 Å². The summed E-state index contributed by atoms with van der Waals surface area (Å²) >= 11 is 3.50. The third-order valence-corrected chi connectivity index (χ3v) is 4.17. The highest BCUT2D eigenvalue weighted by molar-refractivity contribution is 9.10. The van der Waals surface area contributed by atoms with Gasteiger partial charge in [0.15, 0.2) is 0 Å². The van der Waals surface area contributed by atoms with Crippen LogP contribution in [0.15, 0.2) is 16.6 Å². The molecule has 1 aliphatic rings. The first-order valence-corrected chi connectivity index (χ1v) is 7.58. The Balaban J connectivity index is 2.12. The number of phenolic OH excluding ortho intramolecular Hbond substituents is 1. The molecule has 3 N–H and O–H groups in total. The molecule has 1 aromatic rings. The van der Waals surface area contributed by atoms with Gasteiger partial charge in [0.1, 0.15) is 5.75 Å². The maximum atomic E-state index is 11.3. The largest absolute Gasteiger partial charge is 0.506 e. The first kappa shape index (κ1) is 15.3. The van der Waals surface area contributed by atoms with Crippen molar-refractivity contribution in [1.82, 2.24) is 10.2 Å². The van der Waals surface area contributed by atoms with Crippen LogP contribution in [0.1, 0.15) is 12.5 Å². The number of halogens is 1. The third kappa shape index (κ3) is 3.94. The summed E-state index contributed by atoms with van der Waals surface area (Å²) in [5.74, 6) is -0.0690. The number of rotatable bonds is 4. The van der Waals surface area contributed by atoms with Crippen molar-refractivity contribution in [3.8, 4) is 5.75 Å². The van der Waals surface area contributed by atoms with E-state index in [-0.39, 0.29) is 11.7 Å². The second-order valence-corrected chi connectivity index (χ2v) is 5.80. The Labute approximate surface area is 127 Å². The molecule has 0 aliphatic carbocycles. The molecule has 5 nitrogen and oxygen atoms in total. The molecular formula is C14H20BrN3O2. The Bertz CT molecular complexity index is 488. The lowest BCUT2D eigenvalue weighted by atomic mass is 10.1. The summed E-state index contributed by atoms with van der Waals surface area (Å²) in [5.41, 5.74) is 1.46. The van der Waals surface area contributed by atoms with Gasteiger partial charge in [0.05, 0.1) is 5.69 Å². The van der Waals surface area contributed by atoms with E-state index in [1.807, 2.05) is 6.07 Å². The molecule has 0 saturated carbocycles. The zero-order valence-electron chi connectivity index (χ0n) is 11.6. The molecule has 0 bridgehead atoms. The molecule has 1 heterocycles. The molecular weight excluding hydrogens is 322 g/mol. The second-order valence-electron chi connectivity index (χ2n) is 4.94. The summed E-state index contributed by atoms with van der Waals surface area (Å²) in [6, 6.07) is 3.40. The molecule has 1 saturated heterocycles. The summed E-state index contributed by atoms with van der Waals surface area (Å²) in [6.45, 7) is 6.45. The fourth-order valence-electron chi connectivity index (χ4n) is 2.37. The molecule has 110 valence electrons. The number of nitrogens with zero attached hydrogens (tertiary/aromatic N) is 1. The minimum absolute atomic E-state index is 0.110. The van der Waals surface area contributed by atoms with Gasteiger partial charge in [0.2, 0.25) is 5.91 Å². The van der Waals surface area contributed by atoms with Crippen LogP contribution in [0.2, 0.25) is 0 Å². The van der Waals surface area contributed by atoms with Crippen molar-refractivity contribution in [2.75, 3.05) is 38.0 Å². The number of hydrogen-bond donors (Lipinski definition) is 3. The summed E-state index contributed by atoms with van der Waals surface area (Å²) in [5, 5.41) is 16.0. The Morgan fingerprint density at radius 1 is 1.45 bits per heavy atom. The van der Waals surface area contributed by atoms with Gasteiger partial charge < -0.3 is 20.6 Å². The van der Waals surface area contributed by atoms with Crippen molar-refractivity contribution < 1.29 is 9.90 Å². The molecule has 0 spiro atoms. The van der Waals surface area contributed by atoms with E-state index in [2.05, 4.69) is 31.5 Å². The zero-order valence-corrected chi connectivity index (χ0v) is 13.2. The molecule has 1 amide bonds. The Kier molecular flexibility index (Phi) is 5.39. The molecule has 2 rings (SSSR count). The smallest absolute Gasteiger partial charge is 0.221 e. The first-order chi connectivity index (χ1) is 9.58. The molecule has 0 aromatic heterocycles. The van der Waals surface area contributed by atoms with Crippen molar-refractivity contribution in [1.29, 1.82) is 0 Å². The molecule has 1 aliphatic heterocycles. The number of carbonyl (C=O) groups is 1. The Hall–Kier alpha value is -1.11. The van der Waals surface area contributed by atoms with Gasteiger partial charge in [-0.1, -0.05) is 15.9 Å². The van der Waals surface area contributed by atoms with Gasteiger partial charge >= 0.3 is 0 Å². The van der Waals surface area contributed by atoms with E-state index in [4.69, 9.17) is 0 Å². The van der Waals surface area contributed by atoms with Crippen LogP contribution in [0.4, 0.5) is 5.69 Å². The average Bonchev–Trinajstić information content (AvgIpc) is 2.43. The number of amides is 1. The van der Waals surface area contributed by atoms with E-state index in [0.717, 1.165) is 49.2 Å². The fraction of sp³-hybridized carbons (Fsp3) is 0.500. The number of carbonyl (C=O) groups excluding carboxylic acids is 1. The zero-order chi connectivity index (χ0) is 14.5. The lowest BCUT2D eigenvalue weighted by Gasteiger charge is -2.27. The second kappa shape index (κ2) is 7.06. The quantitative estimate of drug-likeness (QED) is 0.727. The predicted molar refractivity (Wildman–Crippen MR) is 83.1 cm³/mol. The van der Waals surface area contributed by atoms with Gasteiger partial charge in [-0.3, -0.25) is 4.79 Å². The van der Waals surface area contributed by atoms with Crippen molar-refractivity contribution in [3.63, 3.8) is 0 Å². The number of phenols is 1. The highest BCUT2D eigenvalue weighted by Crippen LogP contribution is 2.33. The van der Waals surface area contributed by atoms with Crippen LogP contribution >= 0.6 is 15.9 Å². The molecule has 0 radical (unpaired) electrons. The summed E-state index contributed by atoms with van der Waals surface area (Å²) in [6.07, 6.45) is 0.782. The third-order valence-electron chi connectivity index (χ3n) is 3.42. The molecule has 0 unspecified atom stereocenters. The number of aromatic hydroxyl groups is 1.